The van der Waals surface area contributed by atoms with E-state index in [2.05, 4.69) is 27.6 Å². The number of rotatable bonds is 6. The molecule has 0 bridgehead atoms. The van der Waals surface area contributed by atoms with Crippen molar-refractivity contribution in [1.29, 1.82) is 0 Å². The number of hydrogen-bond acceptors (Lipinski definition) is 2. The largest absolute Gasteiger partial charge is 0.343 e. The number of carbonyl (C=O) groups is 1. The van der Waals surface area contributed by atoms with Crippen LogP contribution in [0.2, 0.25) is 0 Å². The van der Waals surface area contributed by atoms with Crippen LogP contribution in [0.15, 0.2) is 12.4 Å². The molecule has 1 aromatic rings. The van der Waals surface area contributed by atoms with Gasteiger partial charge >= 0.3 is 0 Å². The van der Waals surface area contributed by atoms with E-state index in [1.807, 2.05) is 6.20 Å². The number of hydrogen-bond donors (Lipinski definition) is 0. The Morgan fingerprint density at radius 1 is 1.17 bits per heavy atom. The number of carbonyl (C=O) groups excluding carboxylic acids is 1. The molecule has 2 aliphatic rings. The van der Waals surface area contributed by atoms with Gasteiger partial charge in [-0.15, -0.1) is 0 Å². The van der Waals surface area contributed by atoms with Crippen LogP contribution in [0.25, 0.3) is 0 Å². The van der Waals surface area contributed by atoms with Gasteiger partial charge in [0.1, 0.15) is 5.82 Å². The highest BCUT2D eigenvalue weighted by Crippen LogP contribution is 2.29. The Bertz CT molecular complexity index is 496. The molecule has 1 aliphatic carbocycles. The van der Waals surface area contributed by atoms with E-state index in [-0.39, 0.29) is 0 Å². The lowest BCUT2D eigenvalue weighted by Crippen LogP contribution is -2.39. The maximum absolute atomic E-state index is 12.4. The Morgan fingerprint density at radius 2 is 1.91 bits per heavy atom. The third-order valence-corrected chi connectivity index (χ3v) is 5.78. The van der Waals surface area contributed by atoms with Crippen molar-refractivity contribution in [2.45, 2.75) is 71.3 Å². The molecule has 1 saturated carbocycles. The normalized spacial score (nSPS) is 20.3. The standard InChI is InChI=1S/C19H31N3O/c1-2-18-20-11-14-22(18)15-17-9-12-21(13-10-17)19(23)8-7-16-5-3-4-6-16/h11,14,16-17H,2-10,12-13,15H2,1H3. The van der Waals surface area contributed by atoms with Gasteiger partial charge in [-0.3, -0.25) is 4.79 Å². The minimum absolute atomic E-state index is 0.396. The predicted molar refractivity (Wildman–Crippen MR) is 92.1 cm³/mol. The first-order valence-corrected chi connectivity index (χ1v) is 9.54. The molecule has 1 amide bonds. The van der Waals surface area contributed by atoms with Crippen LogP contribution in [0, 0.1) is 11.8 Å². The second-order valence-electron chi connectivity index (χ2n) is 7.36. The zero-order valence-corrected chi connectivity index (χ0v) is 14.5. The summed E-state index contributed by atoms with van der Waals surface area (Å²) in [5.41, 5.74) is 0. The summed E-state index contributed by atoms with van der Waals surface area (Å²) in [5, 5.41) is 0. The zero-order chi connectivity index (χ0) is 16.1. The van der Waals surface area contributed by atoms with Gasteiger partial charge in [0.05, 0.1) is 0 Å². The van der Waals surface area contributed by atoms with Gasteiger partial charge in [0.15, 0.2) is 0 Å². The van der Waals surface area contributed by atoms with Crippen LogP contribution in [0.1, 0.15) is 64.1 Å². The monoisotopic (exact) mass is 317 g/mol. The summed E-state index contributed by atoms with van der Waals surface area (Å²) in [6, 6.07) is 0. The number of aromatic nitrogens is 2. The molecule has 0 aromatic carbocycles. The van der Waals surface area contributed by atoms with Crippen molar-refractivity contribution >= 4 is 5.91 Å². The van der Waals surface area contributed by atoms with Crippen molar-refractivity contribution in [2.24, 2.45) is 11.8 Å². The topological polar surface area (TPSA) is 38.1 Å². The molecule has 0 radical (unpaired) electrons. The highest BCUT2D eigenvalue weighted by Gasteiger charge is 2.24. The van der Waals surface area contributed by atoms with Crippen molar-refractivity contribution in [3.05, 3.63) is 18.2 Å². The number of nitrogens with zero attached hydrogens (tertiary/aromatic N) is 3. The van der Waals surface area contributed by atoms with Gasteiger partial charge in [-0.25, -0.2) is 4.98 Å². The van der Waals surface area contributed by atoms with E-state index in [1.165, 1.54) is 31.5 Å². The van der Waals surface area contributed by atoms with Crippen LogP contribution < -0.4 is 0 Å². The van der Waals surface area contributed by atoms with Gasteiger partial charge in [0.25, 0.3) is 0 Å². The molecule has 0 atom stereocenters. The van der Waals surface area contributed by atoms with Crippen LogP contribution in [0.3, 0.4) is 0 Å². The second kappa shape index (κ2) is 7.98. The van der Waals surface area contributed by atoms with E-state index < -0.39 is 0 Å². The van der Waals surface area contributed by atoms with E-state index in [1.54, 1.807) is 0 Å². The van der Waals surface area contributed by atoms with Crippen LogP contribution in [0.5, 0.6) is 0 Å². The third-order valence-electron chi connectivity index (χ3n) is 5.78. The molecule has 4 heteroatoms. The Hall–Kier alpha value is -1.32. The Balaban J connectivity index is 1.40. The summed E-state index contributed by atoms with van der Waals surface area (Å²) in [5.74, 6) is 3.09. The second-order valence-corrected chi connectivity index (χ2v) is 7.36. The van der Waals surface area contributed by atoms with Gasteiger partial charge in [0.2, 0.25) is 5.91 Å². The van der Waals surface area contributed by atoms with Crippen LogP contribution in [-0.2, 0) is 17.8 Å². The number of amides is 1. The highest BCUT2D eigenvalue weighted by molar-refractivity contribution is 5.76. The van der Waals surface area contributed by atoms with Crippen molar-refractivity contribution < 1.29 is 4.79 Å². The van der Waals surface area contributed by atoms with Crippen LogP contribution >= 0.6 is 0 Å². The molecule has 3 rings (SSSR count). The van der Waals surface area contributed by atoms with E-state index in [0.717, 1.165) is 57.7 Å². The molecule has 2 fully saturated rings. The molecule has 0 unspecified atom stereocenters. The van der Waals surface area contributed by atoms with E-state index >= 15 is 0 Å². The summed E-state index contributed by atoms with van der Waals surface area (Å²) in [4.78, 5) is 18.9. The SMILES string of the molecule is CCc1nccn1CC1CCN(C(=O)CCC2CCCC2)CC1. The minimum Gasteiger partial charge on any atom is -0.343 e. The summed E-state index contributed by atoms with van der Waals surface area (Å²) < 4.78 is 2.29. The molecule has 0 N–H and O–H groups in total. The quantitative estimate of drug-likeness (QED) is 0.803. The van der Waals surface area contributed by atoms with Crippen molar-refractivity contribution in [3.63, 3.8) is 0 Å². The lowest BCUT2D eigenvalue weighted by molar-refractivity contribution is -0.133. The smallest absolute Gasteiger partial charge is 0.222 e. The van der Waals surface area contributed by atoms with E-state index in [4.69, 9.17) is 0 Å². The van der Waals surface area contributed by atoms with Gasteiger partial charge in [-0.05, 0) is 31.1 Å². The van der Waals surface area contributed by atoms with Gasteiger partial charge < -0.3 is 9.47 Å². The lowest BCUT2D eigenvalue weighted by Gasteiger charge is -2.32. The molecule has 23 heavy (non-hydrogen) atoms. The zero-order valence-electron chi connectivity index (χ0n) is 14.5. The van der Waals surface area contributed by atoms with Crippen molar-refractivity contribution in [2.75, 3.05) is 13.1 Å². The van der Waals surface area contributed by atoms with Crippen LogP contribution in [-0.4, -0.2) is 33.4 Å². The Kier molecular flexibility index (Phi) is 5.74. The number of piperidine rings is 1. The maximum Gasteiger partial charge on any atom is 0.222 e. The molecular weight excluding hydrogens is 286 g/mol. The summed E-state index contributed by atoms with van der Waals surface area (Å²) in [6.07, 6.45) is 14.6. The fourth-order valence-corrected chi connectivity index (χ4v) is 4.25. The van der Waals surface area contributed by atoms with Gasteiger partial charge in [-0.1, -0.05) is 32.6 Å². The molecule has 2 heterocycles. The van der Waals surface area contributed by atoms with E-state index in [9.17, 15) is 4.79 Å². The number of imidazole rings is 1. The van der Waals surface area contributed by atoms with Crippen molar-refractivity contribution in [1.82, 2.24) is 14.5 Å². The fourth-order valence-electron chi connectivity index (χ4n) is 4.25. The lowest BCUT2D eigenvalue weighted by atomic mass is 9.95. The molecular formula is C19H31N3O. The molecule has 128 valence electrons. The average Bonchev–Trinajstić information content (AvgIpc) is 3.24. The number of likely N-dealkylation sites (tertiary alicyclic amines) is 1. The van der Waals surface area contributed by atoms with Gasteiger partial charge in [-0.2, -0.15) is 0 Å². The van der Waals surface area contributed by atoms with Crippen LogP contribution in [0.4, 0.5) is 0 Å². The number of aryl methyl sites for hydroxylation is 1. The van der Waals surface area contributed by atoms with E-state index in [0.29, 0.717) is 11.8 Å². The van der Waals surface area contributed by atoms with Gasteiger partial charge in [0, 0.05) is 44.9 Å². The van der Waals surface area contributed by atoms with Crippen molar-refractivity contribution in [3.8, 4) is 0 Å². The predicted octanol–water partition coefficient (Wildman–Crippen LogP) is 3.65. The maximum atomic E-state index is 12.4. The highest BCUT2D eigenvalue weighted by atomic mass is 16.2. The molecule has 4 nitrogen and oxygen atoms in total. The first kappa shape index (κ1) is 16.5. The Labute approximate surface area is 140 Å². The average molecular weight is 317 g/mol. The fraction of sp³-hybridized carbons (Fsp3) is 0.789. The molecule has 1 aromatic heterocycles. The molecule has 1 aliphatic heterocycles. The third kappa shape index (κ3) is 4.36. The first-order chi connectivity index (χ1) is 11.3. The summed E-state index contributed by atoms with van der Waals surface area (Å²) in [6.45, 7) is 5.12. The molecule has 1 saturated heterocycles. The summed E-state index contributed by atoms with van der Waals surface area (Å²) >= 11 is 0. The Morgan fingerprint density at radius 3 is 2.61 bits per heavy atom. The molecule has 0 spiro atoms. The minimum atomic E-state index is 0.396. The first-order valence-electron chi connectivity index (χ1n) is 9.54. The summed E-state index contributed by atoms with van der Waals surface area (Å²) in [7, 11) is 0.